The average Bonchev–Trinajstić information content (AvgIpc) is 2.47. The number of hydrogen-bond acceptors (Lipinski definition) is 6. The van der Waals surface area contributed by atoms with Gasteiger partial charge in [0.25, 0.3) is 0 Å². The molecule has 0 aromatic carbocycles. The third-order valence-electron chi connectivity index (χ3n) is 3.46. The second kappa shape index (κ2) is 7.06. The van der Waals surface area contributed by atoms with E-state index in [1.54, 1.807) is 19.1 Å². The molecule has 0 spiro atoms. The Balaban J connectivity index is 1.93. The van der Waals surface area contributed by atoms with Gasteiger partial charge in [0.1, 0.15) is 5.82 Å². The van der Waals surface area contributed by atoms with Crippen molar-refractivity contribution in [2.75, 3.05) is 30.9 Å². The van der Waals surface area contributed by atoms with Gasteiger partial charge in [-0.2, -0.15) is 0 Å². The first-order chi connectivity index (χ1) is 10.4. The first kappa shape index (κ1) is 16.7. The minimum Gasteiger partial charge on any atom is -0.462 e. The molecule has 1 aromatic heterocycles. The van der Waals surface area contributed by atoms with Gasteiger partial charge in [-0.1, -0.05) is 0 Å². The highest BCUT2D eigenvalue weighted by Crippen LogP contribution is 2.18. The largest absolute Gasteiger partial charge is 0.462 e. The first-order valence-electron chi connectivity index (χ1n) is 7.24. The molecule has 1 saturated heterocycles. The molecule has 0 bridgehead atoms. The Kier molecular flexibility index (Phi) is 5.36. The summed E-state index contributed by atoms with van der Waals surface area (Å²) in [4.78, 5) is 17.9. The quantitative estimate of drug-likeness (QED) is 0.804. The van der Waals surface area contributed by atoms with Crippen molar-refractivity contribution in [3.05, 3.63) is 23.9 Å². The number of nitrogens with zero attached hydrogens (tertiary/aromatic N) is 2. The molecule has 22 heavy (non-hydrogen) atoms. The fourth-order valence-electron chi connectivity index (χ4n) is 2.44. The molecule has 7 nitrogen and oxygen atoms in total. The molecular weight excluding hydrogens is 306 g/mol. The van der Waals surface area contributed by atoms with Crippen molar-refractivity contribution < 1.29 is 17.9 Å². The number of aromatic nitrogens is 1. The van der Waals surface area contributed by atoms with Crippen LogP contribution in [0.25, 0.3) is 0 Å². The molecule has 1 fully saturated rings. The molecule has 1 aliphatic heterocycles. The van der Waals surface area contributed by atoms with E-state index >= 15 is 0 Å². The molecule has 1 N–H and O–H groups in total. The van der Waals surface area contributed by atoms with Crippen molar-refractivity contribution in [3.63, 3.8) is 0 Å². The van der Waals surface area contributed by atoms with Crippen LogP contribution >= 0.6 is 0 Å². The number of esters is 1. The number of rotatable bonds is 5. The number of ether oxygens (including phenoxy) is 1. The van der Waals surface area contributed by atoms with Crippen molar-refractivity contribution in [1.82, 2.24) is 9.71 Å². The van der Waals surface area contributed by atoms with E-state index in [-0.39, 0.29) is 12.0 Å². The van der Waals surface area contributed by atoms with E-state index in [2.05, 4.69) is 14.6 Å². The van der Waals surface area contributed by atoms with Gasteiger partial charge in [-0.15, -0.1) is 0 Å². The lowest BCUT2D eigenvalue weighted by Crippen LogP contribution is -2.44. The zero-order valence-corrected chi connectivity index (χ0v) is 13.6. The van der Waals surface area contributed by atoms with E-state index in [1.165, 1.54) is 12.5 Å². The Morgan fingerprint density at radius 3 is 2.59 bits per heavy atom. The zero-order chi connectivity index (χ0) is 16.2. The Labute approximate surface area is 130 Å². The van der Waals surface area contributed by atoms with Gasteiger partial charge in [0.15, 0.2) is 0 Å². The van der Waals surface area contributed by atoms with Crippen molar-refractivity contribution in [2.45, 2.75) is 25.8 Å². The van der Waals surface area contributed by atoms with Crippen LogP contribution in [0.2, 0.25) is 0 Å². The maximum Gasteiger partial charge on any atom is 0.339 e. The summed E-state index contributed by atoms with van der Waals surface area (Å²) in [6.07, 6.45) is 4.14. The van der Waals surface area contributed by atoms with Crippen molar-refractivity contribution in [1.29, 1.82) is 0 Å². The predicted octanol–water partition coefficient (Wildman–Crippen LogP) is 0.776. The molecule has 1 aliphatic rings. The summed E-state index contributed by atoms with van der Waals surface area (Å²) in [7, 11) is -3.16. The van der Waals surface area contributed by atoms with E-state index in [0.717, 1.165) is 31.7 Å². The number of anilines is 1. The molecule has 0 saturated carbocycles. The highest BCUT2D eigenvalue weighted by atomic mass is 32.2. The Bertz CT molecular complexity index is 607. The van der Waals surface area contributed by atoms with Crippen LogP contribution in [-0.2, 0) is 14.8 Å². The molecule has 122 valence electrons. The first-order valence-corrected chi connectivity index (χ1v) is 9.13. The Morgan fingerprint density at radius 1 is 1.41 bits per heavy atom. The fraction of sp³-hybridized carbons (Fsp3) is 0.571. The molecule has 0 atom stereocenters. The number of carbonyl (C=O) groups is 1. The molecule has 2 rings (SSSR count). The number of piperidine rings is 1. The summed E-state index contributed by atoms with van der Waals surface area (Å²) < 4.78 is 30.0. The minimum atomic E-state index is -3.16. The van der Waals surface area contributed by atoms with Crippen molar-refractivity contribution in [2.24, 2.45) is 0 Å². The minimum absolute atomic E-state index is 0.0231. The van der Waals surface area contributed by atoms with Gasteiger partial charge in [-0.3, -0.25) is 0 Å². The number of hydrogen-bond donors (Lipinski definition) is 1. The van der Waals surface area contributed by atoms with Crippen LogP contribution in [0, 0.1) is 0 Å². The SMILES string of the molecule is CCOC(=O)c1ccc(N2CCC(NS(C)(=O)=O)CC2)nc1. The molecule has 8 heteroatoms. The van der Waals surface area contributed by atoms with E-state index < -0.39 is 10.0 Å². The van der Waals surface area contributed by atoms with Gasteiger partial charge >= 0.3 is 5.97 Å². The summed E-state index contributed by atoms with van der Waals surface area (Å²) in [6.45, 7) is 3.54. The van der Waals surface area contributed by atoms with E-state index in [1.807, 2.05) is 0 Å². The van der Waals surface area contributed by atoms with Gasteiger partial charge in [0.05, 0.1) is 18.4 Å². The zero-order valence-electron chi connectivity index (χ0n) is 12.8. The van der Waals surface area contributed by atoms with E-state index in [0.29, 0.717) is 12.2 Å². The lowest BCUT2D eigenvalue weighted by molar-refractivity contribution is 0.0526. The number of pyridine rings is 1. The number of sulfonamides is 1. The van der Waals surface area contributed by atoms with Gasteiger partial charge in [0.2, 0.25) is 10.0 Å². The molecule has 0 amide bonds. The molecule has 0 radical (unpaired) electrons. The molecule has 2 heterocycles. The smallest absolute Gasteiger partial charge is 0.339 e. The van der Waals surface area contributed by atoms with Crippen LogP contribution < -0.4 is 9.62 Å². The highest BCUT2D eigenvalue weighted by molar-refractivity contribution is 7.88. The molecular formula is C14H21N3O4S. The third kappa shape index (κ3) is 4.67. The summed E-state index contributed by atoms with van der Waals surface area (Å²) in [6, 6.07) is 3.46. The van der Waals surface area contributed by atoms with Crippen LogP contribution in [0.4, 0.5) is 5.82 Å². The van der Waals surface area contributed by atoms with Crippen LogP contribution in [0.1, 0.15) is 30.1 Å². The van der Waals surface area contributed by atoms with Gasteiger partial charge in [0, 0.05) is 25.3 Å². The fourth-order valence-corrected chi connectivity index (χ4v) is 3.28. The molecule has 0 unspecified atom stereocenters. The highest BCUT2D eigenvalue weighted by Gasteiger charge is 2.22. The Morgan fingerprint density at radius 2 is 2.09 bits per heavy atom. The third-order valence-corrected chi connectivity index (χ3v) is 4.22. The summed E-state index contributed by atoms with van der Waals surface area (Å²) in [5.74, 6) is 0.406. The monoisotopic (exact) mass is 327 g/mol. The number of nitrogens with one attached hydrogen (secondary N) is 1. The van der Waals surface area contributed by atoms with Gasteiger partial charge in [-0.25, -0.2) is 22.9 Å². The maximum atomic E-state index is 11.6. The van der Waals surface area contributed by atoms with Crippen LogP contribution in [0.3, 0.4) is 0 Å². The standard InChI is InChI=1S/C14H21N3O4S/c1-3-21-14(18)11-4-5-13(15-10-11)17-8-6-12(7-9-17)16-22(2,19)20/h4-5,10,12,16H,3,6-9H2,1-2H3. The van der Waals surface area contributed by atoms with Crippen LogP contribution in [-0.4, -0.2) is 51.4 Å². The second-order valence-corrected chi connectivity index (χ2v) is 7.06. The van der Waals surface area contributed by atoms with Crippen molar-refractivity contribution in [3.8, 4) is 0 Å². The van der Waals surface area contributed by atoms with Crippen molar-refractivity contribution >= 4 is 21.8 Å². The van der Waals surface area contributed by atoms with E-state index in [4.69, 9.17) is 4.74 Å². The summed E-state index contributed by atoms with van der Waals surface area (Å²) in [5, 5.41) is 0. The van der Waals surface area contributed by atoms with Crippen LogP contribution in [0.15, 0.2) is 18.3 Å². The lowest BCUT2D eigenvalue weighted by atomic mass is 10.1. The molecule has 1 aromatic rings. The summed E-state index contributed by atoms with van der Waals surface area (Å²) >= 11 is 0. The maximum absolute atomic E-state index is 11.6. The van der Waals surface area contributed by atoms with Gasteiger partial charge < -0.3 is 9.64 Å². The average molecular weight is 327 g/mol. The predicted molar refractivity (Wildman–Crippen MR) is 83.4 cm³/mol. The normalized spacial score (nSPS) is 16.5. The Hall–Kier alpha value is -1.67. The second-order valence-electron chi connectivity index (χ2n) is 5.28. The van der Waals surface area contributed by atoms with E-state index in [9.17, 15) is 13.2 Å². The number of carbonyl (C=O) groups excluding carboxylic acids is 1. The lowest BCUT2D eigenvalue weighted by Gasteiger charge is -2.32. The topological polar surface area (TPSA) is 88.6 Å². The van der Waals surface area contributed by atoms with Gasteiger partial charge in [-0.05, 0) is 31.9 Å². The summed E-state index contributed by atoms with van der Waals surface area (Å²) in [5.41, 5.74) is 0.430. The molecule has 0 aliphatic carbocycles. The van der Waals surface area contributed by atoms with Crippen LogP contribution in [0.5, 0.6) is 0 Å².